The van der Waals surface area contributed by atoms with Crippen LogP contribution in [0.4, 0.5) is 5.82 Å². The molecule has 10 heteroatoms. The predicted octanol–water partition coefficient (Wildman–Crippen LogP) is 5.02. The number of carboxylic acids is 1. The molecule has 0 bridgehead atoms. The molecule has 0 atom stereocenters. The molecule has 10 nitrogen and oxygen atoms in total. The number of ether oxygens (including phenoxy) is 1. The second-order valence-electron chi connectivity index (χ2n) is 8.85. The summed E-state index contributed by atoms with van der Waals surface area (Å²) < 4.78 is 5.84. The number of carboxylic acid groups (broad SMARTS) is 1. The lowest BCUT2D eigenvalue weighted by atomic mass is 9.98. The fourth-order valence-electron chi connectivity index (χ4n) is 4.31. The Labute approximate surface area is 225 Å². The van der Waals surface area contributed by atoms with Crippen molar-refractivity contribution in [1.29, 1.82) is 0 Å². The van der Waals surface area contributed by atoms with E-state index in [4.69, 9.17) is 4.74 Å². The van der Waals surface area contributed by atoms with Crippen LogP contribution in [0.2, 0.25) is 0 Å². The van der Waals surface area contributed by atoms with E-state index in [0.717, 1.165) is 34.4 Å². The molecule has 196 valence electrons. The van der Waals surface area contributed by atoms with Crippen molar-refractivity contribution in [2.75, 3.05) is 11.4 Å². The summed E-state index contributed by atoms with van der Waals surface area (Å²) in [4.78, 5) is 22.9. The summed E-state index contributed by atoms with van der Waals surface area (Å²) in [6.07, 6.45) is 2.51. The fraction of sp³-hybridized carbons (Fsp3) is 0.172. The molecule has 2 aromatic carbocycles. The van der Waals surface area contributed by atoms with Crippen molar-refractivity contribution in [3.63, 3.8) is 0 Å². The van der Waals surface area contributed by atoms with Crippen LogP contribution in [0.5, 0.6) is 5.88 Å². The van der Waals surface area contributed by atoms with Crippen molar-refractivity contribution in [2.24, 2.45) is 0 Å². The van der Waals surface area contributed by atoms with E-state index in [1.54, 1.807) is 18.3 Å². The van der Waals surface area contributed by atoms with Crippen molar-refractivity contribution < 1.29 is 14.6 Å². The second-order valence-corrected chi connectivity index (χ2v) is 8.85. The van der Waals surface area contributed by atoms with Crippen LogP contribution in [0.3, 0.4) is 0 Å². The Morgan fingerprint density at radius 2 is 1.77 bits per heavy atom. The minimum Gasteiger partial charge on any atom is -0.478 e. The average Bonchev–Trinajstić information content (AvgIpc) is 3.52. The maximum absolute atomic E-state index is 12.1. The van der Waals surface area contributed by atoms with E-state index in [0.29, 0.717) is 30.6 Å². The van der Waals surface area contributed by atoms with Crippen LogP contribution in [0, 0.1) is 0 Å². The van der Waals surface area contributed by atoms with E-state index in [1.807, 2.05) is 78.6 Å². The van der Waals surface area contributed by atoms with E-state index < -0.39 is 5.97 Å². The van der Waals surface area contributed by atoms with Crippen LogP contribution in [-0.4, -0.2) is 48.2 Å². The minimum atomic E-state index is -1.04. The molecule has 0 radical (unpaired) electrons. The largest absolute Gasteiger partial charge is 0.478 e. The van der Waals surface area contributed by atoms with Crippen LogP contribution in [0.25, 0.3) is 22.5 Å². The Hall–Kier alpha value is -5.12. The number of nitrogens with zero attached hydrogens (tertiary/aromatic N) is 6. The standard InChI is InChI=1S/C29H27N7O3/c1-2-17-36(28-25(29(37)38)14-15-26(31-28)39-19-22-7-5-6-16-30-22)18-20-10-12-21(13-11-20)23-8-3-4-9-24(23)27-32-34-35-33-27/h3-16H,2,17-19H2,1H3,(H,37,38)(H,32,33,34,35). The Morgan fingerprint density at radius 1 is 0.974 bits per heavy atom. The number of anilines is 1. The summed E-state index contributed by atoms with van der Waals surface area (Å²) in [6.45, 7) is 3.40. The number of aromatic nitrogens is 6. The molecular formula is C29H27N7O3. The van der Waals surface area contributed by atoms with Gasteiger partial charge in [0.25, 0.3) is 0 Å². The van der Waals surface area contributed by atoms with Gasteiger partial charge in [0.15, 0.2) is 5.82 Å². The lowest BCUT2D eigenvalue weighted by molar-refractivity contribution is 0.0697. The van der Waals surface area contributed by atoms with Gasteiger partial charge in [0.05, 0.1) is 5.69 Å². The monoisotopic (exact) mass is 521 g/mol. The Bertz CT molecular complexity index is 1520. The summed E-state index contributed by atoms with van der Waals surface area (Å²) in [6, 6.07) is 24.8. The quantitative estimate of drug-likeness (QED) is 0.246. The number of hydrogen-bond donors (Lipinski definition) is 2. The predicted molar refractivity (Wildman–Crippen MR) is 146 cm³/mol. The first-order valence-corrected chi connectivity index (χ1v) is 12.6. The molecule has 5 aromatic rings. The number of carbonyl (C=O) groups is 1. The molecule has 0 aliphatic rings. The molecule has 0 unspecified atom stereocenters. The van der Waals surface area contributed by atoms with Gasteiger partial charge in [-0.2, -0.15) is 4.98 Å². The van der Waals surface area contributed by atoms with Crippen LogP contribution < -0.4 is 9.64 Å². The molecule has 39 heavy (non-hydrogen) atoms. The maximum atomic E-state index is 12.1. The highest BCUT2D eigenvalue weighted by molar-refractivity contribution is 5.93. The van der Waals surface area contributed by atoms with Crippen LogP contribution >= 0.6 is 0 Å². The summed E-state index contributed by atoms with van der Waals surface area (Å²) >= 11 is 0. The molecule has 0 fully saturated rings. The summed E-state index contributed by atoms with van der Waals surface area (Å²) in [5.74, 6) is 0.274. The van der Waals surface area contributed by atoms with Crippen LogP contribution in [-0.2, 0) is 13.2 Å². The first-order chi connectivity index (χ1) is 19.1. The molecule has 0 aliphatic carbocycles. The number of pyridine rings is 2. The van der Waals surface area contributed by atoms with E-state index in [2.05, 4.69) is 30.6 Å². The van der Waals surface area contributed by atoms with Crippen molar-refractivity contribution >= 4 is 11.8 Å². The topological polar surface area (TPSA) is 130 Å². The average molecular weight is 522 g/mol. The fourth-order valence-corrected chi connectivity index (χ4v) is 4.31. The van der Waals surface area contributed by atoms with Crippen molar-refractivity contribution in [3.05, 3.63) is 102 Å². The zero-order chi connectivity index (χ0) is 27.0. The lowest BCUT2D eigenvalue weighted by Gasteiger charge is -2.25. The summed E-state index contributed by atoms with van der Waals surface area (Å²) in [7, 11) is 0. The maximum Gasteiger partial charge on any atom is 0.339 e. The van der Waals surface area contributed by atoms with Crippen molar-refractivity contribution in [2.45, 2.75) is 26.5 Å². The van der Waals surface area contributed by atoms with E-state index in [1.165, 1.54) is 0 Å². The van der Waals surface area contributed by atoms with Gasteiger partial charge in [0.1, 0.15) is 18.0 Å². The van der Waals surface area contributed by atoms with E-state index in [9.17, 15) is 9.90 Å². The first-order valence-electron chi connectivity index (χ1n) is 12.6. The number of nitrogens with one attached hydrogen (secondary N) is 1. The third-order valence-electron chi connectivity index (χ3n) is 6.13. The Balaban J connectivity index is 1.39. The van der Waals surface area contributed by atoms with E-state index in [-0.39, 0.29) is 12.2 Å². The number of hydrogen-bond acceptors (Lipinski definition) is 8. The van der Waals surface area contributed by atoms with Crippen molar-refractivity contribution in [1.82, 2.24) is 30.6 Å². The molecule has 2 N–H and O–H groups in total. The number of aromatic amines is 1. The second kappa shape index (κ2) is 12.0. The highest BCUT2D eigenvalue weighted by atomic mass is 16.5. The normalized spacial score (nSPS) is 10.8. The van der Waals surface area contributed by atoms with Gasteiger partial charge in [0.2, 0.25) is 5.88 Å². The Morgan fingerprint density at radius 3 is 2.46 bits per heavy atom. The zero-order valence-electron chi connectivity index (χ0n) is 21.4. The number of tetrazole rings is 1. The van der Waals surface area contributed by atoms with Gasteiger partial charge in [-0.25, -0.2) is 9.89 Å². The number of H-pyrrole nitrogens is 1. The third kappa shape index (κ3) is 6.07. The number of benzene rings is 2. The molecule has 0 saturated carbocycles. The van der Waals surface area contributed by atoms with Gasteiger partial charge < -0.3 is 14.7 Å². The van der Waals surface area contributed by atoms with Gasteiger partial charge in [-0.05, 0) is 51.7 Å². The molecule has 3 heterocycles. The molecule has 0 amide bonds. The third-order valence-corrected chi connectivity index (χ3v) is 6.13. The molecule has 0 spiro atoms. The molecule has 0 saturated heterocycles. The van der Waals surface area contributed by atoms with E-state index >= 15 is 0 Å². The molecule has 0 aliphatic heterocycles. The van der Waals surface area contributed by atoms with Crippen molar-refractivity contribution in [3.8, 4) is 28.4 Å². The molecular weight excluding hydrogens is 494 g/mol. The molecule has 3 aromatic heterocycles. The highest BCUT2D eigenvalue weighted by Gasteiger charge is 2.20. The minimum absolute atomic E-state index is 0.125. The number of aromatic carboxylic acids is 1. The van der Waals surface area contributed by atoms with Gasteiger partial charge >= 0.3 is 5.97 Å². The molecule has 5 rings (SSSR count). The summed E-state index contributed by atoms with van der Waals surface area (Å²) in [5, 5.41) is 24.1. The van der Waals surface area contributed by atoms with Gasteiger partial charge in [-0.15, -0.1) is 5.10 Å². The number of rotatable bonds is 11. The van der Waals surface area contributed by atoms with Gasteiger partial charge in [0, 0.05) is 30.9 Å². The summed E-state index contributed by atoms with van der Waals surface area (Å²) in [5.41, 5.74) is 4.82. The van der Waals surface area contributed by atoms with Gasteiger partial charge in [-0.3, -0.25) is 4.98 Å². The lowest BCUT2D eigenvalue weighted by Crippen LogP contribution is -2.27. The van der Waals surface area contributed by atoms with Crippen LogP contribution in [0.15, 0.2) is 85.1 Å². The highest BCUT2D eigenvalue weighted by Crippen LogP contribution is 2.30. The smallest absolute Gasteiger partial charge is 0.339 e. The zero-order valence-corrected chi connectivity index (χ0v) is 21.4. The SMILES string of the molecule is CCCN(Cc1ccc(-c2ccccc2-c2nnn[nH]2)cc1)c1nc(OCc2ccccn2)ccc1C(=O)O. The first kappa shape index (κ1) is 25.5. The Kier molecular flexibility index (Phi) is 7.82. The van der Waals surface area contributed by atoms with Gasteiger partial charge in [-0.1, -0.05) is 61.5 Å². The van der Waals surface area contributed by atoms with Crippen LogP contribution in [0.1, 0.15) is 35.0 Å².